The summed E-state index contributed by atoms with van der Waals surface area (Å²) < 4.78 is 0. The number of Topliss-reactive ketones (excluding diaryl/α,β-unsaturated/α-hetero) is 1. The third-order valence-corrected chi connectivity index (χ3v) is 2.43. The molecule has 0 spiro atoms. The molecule has 1 aliphatic rings. The molecule has 1 aliphatic heterocycles. The van der Waals surface area contributed by atoms with Gasteiger partial charge >= 0.3 is 0 Å². The molecule has 0 aromatic heterocycles. The van der Waals surface area contributed by atoms with Crippen molar-refractivity contribution in [3.05, 3.63) is 0 Å². The molecule has 1 unspecified atom stereocenters. The molecule has 1 N–H and O–H groups in total. The molecule has 0 saturated carbocycles. The molecular formula is C9H16N2O2. The van der Waals surface area contributed by atoms with Gasteiger partial charge in [-0.05, 0) is 20.3 Å². The Morgan fingerprint density at radius 2 is 2.31 bits per heavy atom. The van der Waals surface area contributed by atoms with E-state index in [0.717, 1.165) is 19.5 Å². The van der Waals surface area contributed by atoms with Crippen LogP contribution in [0.25, 0.3) is 0 Å². The van der Waals surface area contributed by atoms with Crippen LogP contribution in [0.3, 0.4) is 0 Å². The molecule has 1 amide bonds. The van der Waals surface area contributed by atoms with Gasteiger partial charge in [0.2, 0.25) is 5.91 Å². The van der Waals surface area contributed by atoms with Gasteiger partial charge in [0, 0.05) is 13.1 Å². The Kier molecular flexibility index (Phi) is 3.42. The number of nitrogens with one attached hydrogen (secondary N) is 1. The van der Waals surface area contributed by atoms with E-state index in [1.807, 2.05) is 11.8 Å². The van der Waals surface area contributed by atoms with Crippen molar-refractivity contribution >= 4 is 11.7 Å². The number of carbonyl (C=O) groups excluding carboxylic acids is 2. The summed E-state index contributed by atoms with van der Waals surface area (Å²) >= 11 is 0. The minimum atomic E-state index is -0.135. The maximum absolute atomic E-state index is 11.2. The Balaban J connectivity index is 2.56. The Hall–Kier alpha value is -0.900. The molecule has 13 heavy (non-hydrogen) atoms. The van der Waals surface area contributed by atoms with Crippen LogP contribution in [0.4, 0.5) is 0 Å². The maximum Gasteiger partial charge on any atom is 0.234 e. The molecule has 0 aliphatic carbocycles. The predicted octanol–water partition coefficient (Wildman–Crippen LogP) is -0.214. The van der Waals surface area contributed by atoms with Gasteiger partial charge in [0.1, 0.15) is 5.78 Å². The number of rotatable bonds is 2. The topological polar surface area (TPSA) is 49.4 Å². The molecule has 1 heterocycles. The van der Waals surface area contributed by atoms with E-state index in [1.54, 1.807) is 6.92 Å². The summed E-state index contributed by atoms with van der Waals surface area (Å²) in [6.45, 7) is 5.30. The second kappa shape index (κ2) is 4.37. The van der Waals surface area contributed by atoms with Crippen molar-refractivity contribution in [1.82, 2.24) is 10.2 Å². The van der Waals surface area contributed by atoms with Crippen LogP contribution in [0, 0.1) is 0 Å². The first-order valence-corrected chi connectivity index (χ1v) is 4.62. The van der Waals surface area contributed by atoms with E-state index in [0.29, 0.717) is 6.54 Å². The molecule has 0 aromatic carbocycles. The van der Waals surface area contributed by atoms with Gasteiger partial charge in [-0.1, -0.05) is 0 Å². The van der Waals surface area contributed by atoms with Crippen LogP contribution in [-0.4, -0.2) is 42.3 Å². The number of hydrogen-bond donors (Lipinski definition) is 1. The summed E-state index contributed by atoms with van der Waals surface area (Å²) in [7, 11) is 0. The van der Waals surface area contributed by atoms with E-state index >= 15 is 0 Å². The molecule has 74 valence electrons. The number of nitrogens with zero attached hydrogens (tertiary/aromatic N) is 1. The highest BCUT2D eigenvalue weighted by molar-refractivity contribution is 5.83. The summed E-state index contributed by atoms with van der Waals surface area (Å²) in [5, 5.41) is 2.78. The average Bonchev–Trinajstić information content (AvgIpc) is 2.28. The van der Waals surface area contributed by atoms with Crippen LogP contribution in [0.1, 0.15) is 20.3 Å². The fraction of sp³-hybridized carbons (Fsp3) is 0.778. The van der Waals surface area contributed by atoms with E-state index in [9.17, 15) is 9.59 Å². The van der Waals surface area contributed by atoms with Crippen LogP contribution in [-0.2, 0) is 9.59 Å². The smallest absolute Gasteiger partial charge is 0.234 e. The minimum absolute atomic E-state index is 0.0191. The summed E-state index contributed by atoms with van der Waals surface area (Å²) in [5.41, 5.74) is 0. The highest BCUT2D eigenvalue weighted by Crippen LogP contribution is 2.03. The largest absolute Gasteiger partial charge is 0.355 e. The van der Waals surface area contributed by atoms with Crippen molar-refractivity contribution < 1.29 is 9.59 Å². The Morgan fingerprint density at radius 1 is 1.62 bits per heavy atom. The van der Waals surface area contributed by atoms with E-state index in [-0.39, 0.29) is 17.7 Å². The molecule has 0 radical (unpaired) electrons. The van der Waals surface area contributed by atoms with Crippen LogP contribution in [0.15, 0.2) is 0 Å². The molecule has 0 aromatic rings. The molecule has 4 heteroatoms. The molecule has 1 rings (SSSR count). The first-order chi connectivity index (χ1) is 6.11. The van der Waals surface area contributed by atoms with Crippen molar-refractivity contribution in [3.63, 3.8) is 0 Å². The van der Waals surface area contributed by atoms with E-state index < -0.39 is 0 Å². The highest BCUT2D eigenvalue weighted by atomic mass is 16.2. The predicted molar refractivity (Wildman–Crippen MR) is 49.3 cm³/mol. The van der Waals surface area contributed by atoms with E-state index in [4.69, 9.17) is 0 Å². The lowest BCUT2D eigenvalue weighted by Crippen LogP contribution is -2.42. The lowest BCUT2D eigenvalue weighted by molar-refractivity contribution is -0.125. The van der Waals surface area contributed by atoms with Gasteiger partial charge in [-0.2, -0.15) is 0 Å². The van der Waals surface area contributed by atoms with Crippen LogP contribution in [0.2, 0.25) is 0 Å². The monoisotopic (exact) mass is 184 g/mol. The quantitative estimate of drug-likeness (QED) is 0.646. The second-order valence-electron chi connectivity index (χ2n) is 3.46. The lowest BCUT2D eigenvalue weighted by Gasteiger charge is -2.23. The maximum atomic E-state index is 11.2. The number of carbonyl (C=O) groups is 2. The van der Waals surface area contributed by atoms with Crippen molar-refractivity contribution in [3.8, 4) is 0 Å². The minimum Gasteiger partial charge on any atom is -0.355 e. The number of amides is 1. The second-order valence-corrected chi connectivity index (χ2v) is 3.46. The zero-order valence-electron chi connectivity index (χ0n) is 8.17. The molecule has 0 bridgehead atoms. The van der Waals surface area contributed by atoms with Crippen molar-refractivity contribution in [1.29, 1.82) is 0 Å². The van der Waals surface area contributed by atoms with Crippen molar-refractivity contribution in [2.75, 3.05) is 19.6 Å². The van der Waals surface area contributed by atoms with Crippen LogP contribution < -0.4 is 5.32 Å². The van der Waals surface area contributed by atoms with Crippen LogP contribution >= 0.6 is 0 Å². The van der Waals surface area contributed by atoms with Crippen LogP contribution in [0.5, 0.6) is 0 Å². The zero-order valence-corrected chi connectivity index (χ0v) is 8.17. The Morgan fingerprint density at radius 3 is 2.92 bits per heavy atom. The van der Waals surface area contributed by atoms with Gasteiger partial charge in [0.25, 0.3) is 0 Å². The molecular weight excluding hydrogens is 168 g/mol. The molecule has 4 nitrogen and oxygen atoms in total. The first-order valence-electron chi connectivity index (χ1n) is 4.62. The highest BCUT2D eigenvalue weighted by Gasteiger charge is 2.21. The van der Waals surface area contributed by atoms with Crippen molar-refractivity contribution in [2.45, 2.75) is 26.3 Å². The van der Waals surface area contributed by atoms with E-state index in [1.165, 1.54) is 0 Å². The standard InChI is InChI=1S/C9H16N2O2/c1-7(8(2)12)11-5-3-4-10-9(13)6-11/h7H,3-6H2,1-2H3,(H,10,13). The lowest BCUT2D eigenvalue weighted by atomic mass is 10.2. The fourth-order valence-electron chi connectivity index (χ4n) is 1.42. The summed E-state index contributed by atoms with van der Waals surface area (Å²) in [4.78, 5) is 24.2. The Labute approximate surface area is 78.3 Å². The summed E-state index contributed by atoms with van der Waals surface area (Å²) in [6, 6.07) is -0.135. The van der Waals surface area contributed by atoms with Gasteiger partial charge in [-0.15, -0.1) is 0 Å². The van der Waals surface area contributed by atoms with Gasteiger partial charge in [0.15, 0.2) is 0 Å². The zero-order chi connectivity index (χ0) is 9.84. The Bertz CT molecular complexity index is 216. The van der Waals surface area contributed by atoms with E-state index in [2.05, 4.69) is 5.32 Å². The third-order valence-electron chi connectivity index (χ3n) is 2.43. The normalized spacial score (nSPS) is 21.8. The third kappa shape index (κ3) is 2.81. The van der Waals surface area contributed by atoms with Gasteiger partial charge in [-0.25, -0.2) is 0 Å². The number of hydrogen-bond acceptors (Lipinski definition) is 3. The summed E-state index contributed by atoms with van der Waals surface area (Å²) in [6.07, 6.45) is 0.920. The number of ketones is 1. The van der Waals surface area contributed by atoms with Gasteiger partial charge in [0.05, 0.1) is 12.6 Å². The molecule has 1 atom stereocenters. The first kappa shape index (κ1) is 10.2. The van der Waals surface area contributed by atoms with Gasteiger partial charge < -0.3 is 5.32 Å². The fourth-order valence-corrected chi connectivity index (χ4v) is 1.42. The summed E-state index contributed by atoms with van der Waals surface area (Å²) in [5.74, 6) is 0.139. The molecule has 1 saturated heterocycles. The SMILES string of the molecule is CC(=O)C(C)N1CCCNC(=O)C1. The average molecular weight is 184 g/mol. The molecule has 1 fully saturated rings. The van der Waals surface area contributed by atoms with Gasteiger partial charge in [-0.3, -0.25) is 14.5 Å². The van der Waals surface area contributed by atoms with Crippen molar-refractivity contribution in [2.24, 2.45) is 0 Å².